The van der Waals surface area contributed by atoms with E-state index in [4.69, 9.17) is 21.4 Å². The molecule has 1 aliphatic rings. The van der Waals surface area contributed by atoms with Crippen molar-refractivity contribution in [3.8, 4) is 11.5 Å². The van der Waals surface area contributed by atoms with Crippen molar-refractivity contribution in [2.45, 2.75) is 33.4 Å². The number of likely N-dealkylation sites (tertiary alicyclic amines) is 1. The van der Waals surface area contributed by atoms with E-state index in [1.165, 1.54) is 0 Å². The summed E-state index contributed by atoms with van der Waals surface area (Å²) in [6, 6.07) is 7.92. The summed E-state index contributed by atoms with van der Waals surface area (Å²) in [7, 11) is 0. The average molecular weight is 361 g/mol. The van der Waals surface area contributed by atoms with E-state index in [2.05, 4.69) is 10.00 Å². The van der Waals surface area contributed by atoms with E-state index in [-0.39, 0.29) is 11.9 Å². The van der Waals surface area contributed by atoms with E-state index < -0.39 is 0 Å². The largest absolute Gasteiger partial charge is 0.466 e. The normalized spacial score (nSPS) is 18.2. The Morgan fingerprint density at radius 3 is 3.00 bits per heavy atom. The Hall–Kier alpha value is -1.99. The molecular formula is C18H23N3O3S. The minimum Gasteiger partial charge on any atom is -0.466 e. The molecule has 0 N–H and O–H groups in total. The predicted octanol–water partition coefficient (Wildman–Crippen LogP) is 3.41. The summed E-state index contributed by atoms with van der Waals surface area (Å²) in [5, 5.41) is 4.53. The Kier molecular flexibility index (Phi) is 5.65. The second-order valence-corrected chi connectivity index (χ2v) is 6.65. The summed E-state index contributed by atoms with van der Waals surface area (Å²) in [5.41, 5.74) is 2.03. The molecule has 7 heteroatoms. The van der Waals surface area contributed by atoms with Crippen LogP contribution in [0.4, 0.5) is 0 Å². The molecule has 0 amide bonds. The molecule has 1 atom stereocenters. The van der Waals surface area contributed by atoms with Crippen LogP contribution >= 0.6 is 12.2 Å². The minimum absolute atomic E-state index is 0.0781. The van der Waals surface area contributed by atoms with Gasteiger partial charge < -0.3 is 9.15 Å². The van der Waals surface area contributed by atoms with Crippen molar-refractivity contribution < 1.29 is 13.9 Å². The first kappa shape index (κ1) is 17.8. The molecule has 1 aromatic heterocycles. The maximum atomic E-state index is 12.0. The van der Waals surface area contributed by atoms with Gasteiger partial charge in [0.15, 0.2) is 0 Å². The van der Waals surface area contributed by atoms with Gasteiger partial charge in [-0.15, -0.1) is 5.10 Å². The van der Waals surface area contributed by atoms with E-state index in [0.29, 0.717) is 30.5 Å². The lowest BCUT2D eigenvalue weighted by atomic mass is 9.99. The number of benzene rings is 1. The number of aromatic nitrogens is 2. The van der Waals surface area contributed by atoms with Gasteiger partial charge in [-0.1, -0.05) is 18.2 Å². The number of aryl methyl sites for hydroxylation is 1. The second kappa shape index (κ2) is 7.93. The van der Waals surface area contributed by atoms with Gasteiger partial charge >= 0.3 is 5.97 Å². The van der Waals surface area contributed by atoms with Gasteiger partial charge in [-0.2, -0.15) is 0 Å². The summed E-state index contributed by atoms with van der Waals surface area (Å²) in [5.74, 6) is 0.337. The van der Waals surface area contributed by atoms with Crippen LogP contribution in [0.25, 0.3) is 11.5 Å². The number of ether oxygens (including phenoxy) is 1. The smallest absolute Gasteiger partial charge is 0.310 e. The van der Waals surface area contributed by atoms with Gasteiger partial charge in [0.05, 0.1) is 19.2 Å². The zero-order chi connectivity index (χ0) is 17.8. The lowest BCUT2D eigenvalue weighted by Crippen LogP contribution is -2.40. The zero-order valence-corrected chi connectivity index (χ0v) is 15.4. The summed E-state index contributed by atoms with van der Waals surface area (Å²) in [6.45, 7) is 6.35. The first-order chi connectivity index (χ1) is 12.1. The Labute approximate surface area is 152 Å². The van der Waals surface area contributed by atoms with E-state index in [0.717, 1.165) is 30.5 Å². The van der Waals surface area contributed by atoms with Crippen molar-refractivity contribution in [3.05, 3.63) is 34.7 Å². The molecule has 0 saturated carbocycles. The van der Waals surface area contributed by atoms with Gasteiger partial charge in [0.1, 0.15) is 0 Å². The summed E-state index contributed by atoms with van der Waals surface area (Å²) < 4.78 is 12.5. The number of esters is 1. The number of piperidine rings is 1. The third-order valence-corrected chi connectivity index (χ3v) is 4.74. The standard InChI is InChI=1S/C18H23N3O3S/c1-3-23-17(22)14-8-6-10-20(11-14)12-21-18(25)24-16(19-21)15-9-5-4-7-13(15)2/h4-5,7,9,14H,3,6,8,10-12H2,1-2H3/t14-/m1/s1. The molecule has 134 valence electrons. The second-order valence-electron chi connectivity index (χ2n) is 6.30. The van der Waals surface area contributed by atoms with Crippen molar-refractivity contribution in [1.82, 2.24) is 14.7 Å². The molecule has 2 heterocycles. The van der Waals surface area contributed by atoms with Gasteiger partial charge in [-0.25, -0.2) is 4.68 Å². The molecule has 2 aromatic rings. The van der Waals surface area contributed by atoms with Gasteiger partial charge in [0.2, 0.25) is 5.89 Å². The minimum atomic E-state index is -0.114. The predicted molar refractivity (Wildman–Crippen MR) is 96.4 cm³/mol. The van der Waals surface area contributed by atoms with Crippen molar-refractivity contribution in [3.63, 3.8) is 0 Å². The fourth-order valence-electron chi connectivity index (χ4n) is 3.14. The van der Waals surface area contributed by atoms with Crippen molar-refractivity contribution in [1.29, 1.82) is 0 Å². The van der Waals surface area contributed by atoms with E-state index in [1.54, 1.807) is 4.68 Å². The highest BCUT2D eigenvalue weighted by Crippen LogP contribution is 2.23. The first-order valence-electron chi connectivity index (χ1n) is 8.61. The lowest BCUT2D eigenvalue weighted by Gasteiger charge is -2.30. The summed E-state index contributed by atoms with van der Waals surface area (Å²) in [4.78, 5) is 14.5. The summed E-state index contributed by atoms with van der Waals surface area (Å²) in [6.07, 6.45) is 1.83. The quantitative estimate of drug-likeness (QED) is 0.601. The molecule has 1 fully saturated rings. The SMILES string of the molecule is CCOC(=O)[C@@H]1CCCN(Cn2nc(-c3ccccc3C)oc2=S)C1. The van der Waals surface area contributed by atoms with E-state index in [9.17, 15) is 4.79 Å². The van der Waals surface area contributed by atoms with Crippen LogP contribution in [0.1, 0.15) is 25.3 Å². The Balaban J connectivity index is 1.72. The highest BCUT2D eigenvalue weighted by atomic mass is 32.1. The molecule has 1 saturated heterocycles. The molecule has 3 rings (SSSR count). The molecule has 0 unspecified atom stereocenters. The van der Waals surface area contributed by atoms with Crippen LogP contribution in [-0.4, -0.2) is 40.3 Å². The van der Waals surface area contributed by atoms with Gasteiger partial charge in [0, 0.05) is 12.1 Å². The highest BCUT2D eigenvalue weighted by Gasteiger charge is 2.27. The zero-order valence-electron chi connectivity index (χ0n) is 14.6. The van der Waals surface area contributed by atoms with Crippen molar-refractivity contribution >= 4 is 18.2 Å². The third-order valence-electron chi connectivity index (χ3n) is 4.44. The Morgan fingerprint density at radius 1 is 1.44 bits per heavy atom. The number of hydrogen-bond donors (Lipinski definition) is 0. The van der Waals surface area contributed by atoms with E-state index in [1.807, 2.05) is 38.1 Å². The summed E-state index contributed by atoms with van der Waals surface area (Å²) >= 11 is 5.32. The Morgan fingerprint density at radius 2 is 2.24 bits per heavy atom. The number of nitrogens with zero attached hydrogens (tertiary/aromatic N) is 3. The van der Waals surface area contributed by atoms with Crippen LogP contribution in [0.15, 0.2) is 28.7 Å². The number of rotatable bonds is 5. The van der Waals surface area contributed by atoms with Crippen LogP contribution in [0.3, 0.4) is 0 Å². The van der Waals surface area contributed by atoms with Gasteiger partial charge in [-0.3, -0.25) is 9.69 Å². The van der Waals surface area contributed by atoms with Crippen molar-refractivity contribution in [2.75, 3.05) is 19.7 Å². The average Bonchev–Trinajstić information content (AvgIpc) is 2.96. The lowest BCUT2D eigenvalue weighted by molar-refractivity contribution is -0.150. The molecule has 0 aliphatic carbocycles. The number of hydrogen-bond acceptors (Lipinski definition) is 6. The maximum absolute atomic E-state index is 12.0. The topological polar surface area (TPSA) is 60.5 Å². The maximum Gasteiger partial charge on any atom is 0.310 e. The van der Waals surface area contributed by atoms with Crippen molar-refractivity contribution in [2.24, 2.45) is 5.92 Å². The number of carbonyl (C=O) groups is 1. The van der Waals surface area contributed by atoms with Crippen LogP contribution in [0.2, 0.25) is 0 Å². The third kappa shape index (κ3) is 4.16. The molecule has 0 radical (unpaired) electrons. The van der Waals surface area contributed by atoms with Crippen LogP contribution in [0, 0.1) is 17.7 Å². The molecule has 0 spiro atoms. The Bertz CT molecular complexity index is 799. The monoisotopic (exact) mass is 361 g/mol. The van der Waals surface area contributed by atoms with Crippen LogP contribution in [-0.2, 0) is 16.2 Å². The molecule has 1 aromatic carbocycles. The fourth-order valence-corrected chi connectivity index (χ4v) is 3.32. The van der Waals surface area contributed by atoms with Gasteiger partial charge in [0.25, 0.3) is 4.84 Å². The van der Waals surface area contributed by atoms with Crippen LogP contribution < -0.4 is 0 Å². The fraction of sp³-hybridized carbons (Fsp3) is 0.500. The molecule has 25 heavy (non-hydrogen) atoms. The molecular weight excluding hydrogens is 338 g/mol. The van der Waals surface area contributed by atoms with Gasteiger partial charge in [-0.05, 0) is 57.1 Å². The first-order valence-corrected chi connectivity index (χ1v) is 9.02. The molecule has 0 bridgehead atoms. The highest BCUT2D eigenvalue weighted by molar-refractivity contribution is 7.71. The molecule has 1 aliphatic heterocycles. The van der Waals surface area contributed by atoms with E-state index >= 15 is 0 Å². The number of carbonyl (C=O) groups excluding carboxylic acids is 1. The van der Waals surface area contributed by atoms with Crippen LogP contribution in [0.5, 0.6) is 0 Å². The molecule has 6 nitrogen and oxygen atoms in total.